The summed E-state index contributed by atoms with van der Waals surface area (Å²) in [5.41, 5.74) is -0.633. The van der Waals surface area contributed by atoms with Gasteiger partial charge in [0.15, 0.2) is 6.04 Å². The monoisotopic (exact) mass is 343 g/mol. The number of aliphatic carboxylic acids is 1. The number of carbonyl (C=O) groups is 2. The van der Waals surface area contributed by atoms with Crippen LogP contribution < -0.4 is 0 Å². The quantitative estimate of drug-likeness (QED) is 0.788. The first-order chi connectivity index (χ1) is 11.0. The Balaban J connectivity index is 0.000000648. The number of carboxylic acids is 1. The van der Waals surface area contributed by atoms with Gasteiger partial charge in [0.1, 0.15) is 5.60 Å². The molecule has 0 aromatic rings. The highest BCUT2D eigenvalue weighted by Gasteiger charge is 2.50. The van der Waals surface area contributed by atoms with Crippen LogP contribution in [0, 0.1) is 11.8 Å². The lowest BCUT2D eigenvalue weighted by molar-refractivity contribution is -0.146. The largest absolute Gasteiger partial charge is 0.480 e. The second-order valence-electron chi connectivity index (χ2n) is 8.24. The van der Waals surface area contributed by atoms with Crippen molar-refractivity contribution in [2.75, 3.05) is 13.2 Å². The summed E-state index contributed by atoms with van der Waals surface area (Å²) in [6.07, 6.45) is 1.87. The maximum Gasteiger partial charge on any atom is 0.411 e. The van der Waals surface area contributed by atoms with Gasteiger partial charge in [0.2, 0.25) is 0 Å². The summed E-state index contributed by atoms with van der Waals surface area (Å²) in [6, 6.07) is -0.937. The lowest BCUT2D eigenvalue weighted by Gasteiger charge is -2.28. The fraction of sp³-hybridized carbons (Fsp3) is 0.889. The number of fused-ring (bicyclic) bond motifs is 1. The standard InChI is InChI=1S/C14H23NO5.C4H10/c1-14(2,3)20-13(18)15-8-9-6-4-5-7-19-11(9)10(15)12(16)17;1-4(2)3/h9-11H,4-8H2,1-3H3,(H,16,17);4H,1-3H3. The first-order valence-electron chi connectivity index (χ1n) is 8.87. The van der Waals surface area contributed by atoms with E-state index in [2.05, 4.69) is 20.8 Å². The van der Waals surface area contributed by atoms with Gasteiger partial charge >= 0.3 is 12.1 Å². The molecule has 2 rings (SSSR count). The number of rotatable bonds is 1. The van der Waals surface area contributed by atoms with Crippen LogP contribution in [-0.4, -0.2) is 53.0 Å². The third kappa shape index (κ3) is 6.30. The fourth-order valence-corrected chi connectivity index (χ4v) is 2.90. The number of amides is 1. The van der Waals surface area contributed by atoms with E-state index in [-0.39, 0.29) is 5.92 Å². The van der Waals surface area contributed by atoms with Gasteiger partial charge in [-0.05, 0) is 39.5 Å². The Morgan fingerprint density at radius 2 is 1.79 bits per heavy atom. The van der Waals surface area contributed by atoms with E-state index in [0.29, 0.717) is 13.2 Å². The van der Waals surface area contributed by atoms with Gasteiger partial charge in [0.25, 0.3) is 0 Å². The second kappa shape index (κ2) is 8.70. The van der Waals surface area contributed by atoms with Gasteiger partial charge < -0.3 is 14.6 Å². The molecule has 1 amide bonds. The molecule has 2 heterocycles. The zero-order valence-electron chi connectivity index (χ0n) is 15.9. The van der Waals surface area contributed by atoms with Gasteiger partial charge in [-0.3, -0.25) is 4.90 Å². The minimum absolute atomic E-state index is 0.0890. The molecule has 0 spiro atoms. The van der Waals surface area contributed by atoms with Crippen LogP contribution in [-0.2, 0) is 14.3 Å². The third-order valence-corrected chi connectivity index (χ3v) is 3.70. The topological polar surface area (TPSA) is 76.1 Å². The average molecular weight is 343 g/mol. The molecule has 0 bridgehead atoms. The van der Waals surface area contributed by atoms with Crippen molar-refractivity contribution in [3.05, 3.63) is 0 Å². The van der Waals surface area contributed by atoms with E-state index in [4.69, 9.17) is 9.47 Å². The number of hydrogen-bond donors (Lipinski definition) is 1. The summed E-state index contributed by atoms with van der Waals surface area (Å²) in [6.45, 7) is 12.8. The second-order valence-corrected chi connectivity index (χ2v) is 8.24. The van der Waals surface area contributed by atoms with Crippen molar-refractivity contribution >= 4 is 12.1 Å². The van der Waals surface area contributed by atoms with Gasteiger partial charge in [-0.25, -0.2) is 9.59 Å². The number of nitrogens with zero attached hydrogens (tertiary/aromatic N) is 1. The fourth-order valence-electron chi connectivity index (χ4n) is 2.90. The Kier molecular flexibility index (Phi) is 7.52. The highest BCUT2D eigenvalue weighted by Crippen LogP contribution is 2.33. The molecule has 2 saturated heterocycles. The third-order valence-electron chi connectivity index (χ3n) is 3.70. The van der Waals surface area contributed by atoms with Crippen LogP contribution in [0.2, 0.25) is 0 Å². The van der Waals surface area contributed by atoms with E-state index >= 15 is 0 Å². The van der Waals surface area contributed by atoms with Crippen molar-refractivity contribution in [2.45, 2.75) is 78.6 Å². The maximum atomic E-state index is 12.2. The molecular weight excluding hydrogens is 310 g/mol. The first-order valence-corrected chi connectivity index (χ1v) is 8.87. The van der Waals surface area contributed by atoms with E-state index < -0.39 is 29.8 Å². The Morgan fingerprint density at radius 3 is 2.29 bits per heavy atom. The minimum Gasteiger partial charge on any atom is -0.480 e. The van der Waals surface area contributed by atoms with Crippen molar-refractivity contribution in [1.29, 1.82) is 0 Å². The summed E-state index contributed by atoms with van der Waals surface area (Å²) in [5, 5.41) is 9.43. The van der Waals surface area contributed by atoms with E-state index in [9.17, 15) is 14.7 Å². The summed E-state index contributed by atoms with van der Waals surface area (Å²) in [7, 11) is 0. The molecule has 2 aliphatic rings. The first kappa shape index (κ1) is 20.7. The summed E-state index contributed by atoms with van der Waals surface area (Å²) in [5.74, 6) is -0.101. The molecule has 0 radical (unpaired) electrons. The molecule has 0 aromatic heterocycles. The maximum absolute atomic E-state index is 12.2. The van der Waals surface area contributed by atoms with Crippen molar-refractivity contribution in [3.63, 3.8) is 0 Å². The number of ether oxygens (including phenoxy) is 2. The molecule has 2 fully saturated rings. The Bertz CT molecular complexity index is 427. The SMILES string of the molecule is CC(C)(C)OC(=O)N1CC2CCCCOC2C1C(=O)O.CC(C)C. The summed E-state index contributed by atoms with van der Waals surface area (Å²) < 4.78 is 11.0. The molecule has 0 aliphatic carbocycles. The van der Waals surface area contributed by atoms with Crippen LogP contribution in [0.15, 0.2) is 0 Å². The van der Waals surface area contributed by atoms with Crippen LogP contribution >= 0.6 is 0 Å². The Hall–Kier alpha value is -1.30. The van der Waals surface area contributed by atoms with Crippen LogP contribution in [0.4, 0.5) is 4.79 Å². The number of carbonyl (C=O) groups excluding carboxylic acids is 1. The molecule has 1 N–H and O–H groups in total. The predicted molar refractivity (Wildman–Crippen MR) is 92.0 cm³/mol. The number of carboxylic acid groups (broad SMARTS) is 1. The van der Waals surface area contributed by atoms with Crippen molar-refractivity contribution in [2.24, 2.45) is 11.8 Å². The van der Waals surface area contributed by atoms with Crippen LogP contribution in [0.3, 0.4) is 0 Å². The molecule has 24 heavy (non-hydrogen) atoms. The summed E-state index contributed by atoms with van der Waals surface area (Å²) >= 11 is 0. The zero-order valence-corrected chi connectivity index (χ0v) is 15.9. The van der Waals surface area contributed by atoms with Crippen LogP contribution in [0.5, 0.6) is 0 Å². The molecular formula is C18H33NO5. The highest BCUT2D eigenvalue weighted by molar-refractivity contribution is 5.81. The van der Waals surface area contributed by atoms with E-state index in [1.807, 2.05) is 0 Å². The zero-order chi connectivity index (χ0) is 18.5. The Labute approximate surface area is 145 Å². The Morgan fingerprint density at radius 1 is 1.21 bits per heavy atom. The van der Waals surface area contributed by atoms with Gasteiger partial charge in [-0.2, -0.15) is 0 Å². The van der Waals surface area contributed by atoms with Crippen LogP contribution in [0.25, 0.3) is 0 Å². The molecule has 3 atom stereocenters. The van der Waals surface area contributed by atoms with Crippen molar-refractivity contribution < 1.29 is 24.2 Å². The van der Waals surface area contributed by atoms with Gasteiger partial charge in [-0.1, -0.05) is 27.2 Å². The van der Waals surface area contributed by atoms with Crippen molar-refractivity contribution in [1.82, 2.24) is 4.90 Å². The van der Waals surface area contributed by atoms with E-state index in [0.717, 1.165) is 25.2 Å². The van der Waals surface area contributed by atoms with Gasteiger partial charge in [-0.15, -0.1) is 0 Å². The molecule has 140 valence electrons. The molecule has 6 heteroatoms. The van der Waals surface area contributed by atoms with Gasteiger partial charge in [0, 0.05) is 19.1 Å². The lowest BCUT2D eigenvalue weighted by Crippen LogP contribution is -2.47. The summed E-state index contributed by atoms with van der Waals surface area (Å²) in [4.78, 5) is 25.0. The van der Waals surface area contributed by atoms with Gasteiger partial charge in [0.05, 0.1) is 6.10 Å². The highest BCUT2D eigenvalue weighted by atomic mass is 16.6. The average Bonchev–Trinajstić information content (AvgIpc) is 2.61. The predicted octanol–water partition coefficient (Wildman–Crippen LogP) is 3.54. The molecule has 2 aliphatic heterocycles. The lowest BCUT2D eigenvalue weighted by atomic mass is 9.97. The minimum atomic E-state index is -1.02. The smallest absolute Gasteiger partial charge is 0.411 e. The molecule has 0 saturated carbocycles. The molecule has 6 nitrogen and oxygen atoms in total. The van der Waals surface area contributed by atoms with Crippen molar-refractivity contribution in [3.8, 4) is 0 Å². The van der Waals surface area contributed by atoms with E-state index in [1.165, 1.54) is 4.90 Å². The molecule has 0 aromatic carbocycles. The van der Waals surface area contributed by atoms with Crippen LogP contribution in [0.1, 0.15) is 60.8 Å². The number of likely N-dealkylation sites (tertiary alicyclic amines) is 1. The van der Waals surface area contributed by atoms with E-state index in [1.54, 1.807) is 20.8 Å². The normalized spacial score (nSPS) is 27.0. The number of hydrogen-bond acceptors (Lipinski definition) is 4. The molecule has 3 unspecified atom stereocenters.